The van der Waals surface area contributed by atoms with Gasteiger partial charge in [0.25, 0.3) is 5.91 Å². The zero-order chi connectivity index (χ0) is 15.7. The topological polar surface area (TPSA) is 29.5 Å². The number of hydrogen-bond acceptors (Lipinski definition) is 2. The molecule has 4 heteroatoms. The van der Waals surface area contributed by atoms with Crippen molar-refractivity contribution in [3.8, 4) is 5.75 Å². The number of carbonyl (C=O) groups is 1. The van der Waals surface area contributed by atoms with Crippen LogP contribution in [0.5, 0.6) is 5.75 Å². The summed E-state index contributed by atoms with van der Waals surface area (Å²) >= 11 is 3.47. The van der Waals surface area contributed by atoms with Crippen LogP contribution in [0.4, 0.5) is 5.69 Å². The van der Waals surface area contributed by atoms with Gasteiger partial charge in [-0.25, -0.2) is 0 Å². The van der Waals surface area contributed by atoms with Gasteiger partial charge in [0.15, 0.2) is 6.61 Å². The number of nitrogens with zero attached hydrogens (tertiary/aromatic N) is 1. The highest BCUT2D eigenvalue weighted by Gasteiger charge is 2.30. The minimum absolute atomic E-state index is 0.00933. The third kappa shape index (κ3) is 2.88. The van der Waals surface area contributed by atoms with Crippen molar-refractivity contribution < 1.29 is 9.53 Å². The van der Waals surface area contributed by atoms with Gasteiger partial charge in [0.1, 0.15) is 5.75 Å². The Hall–Kier alpha value is -1.81. The Morgan fingerprint density at radius 3 is 2.86 bits per heavy atom. The fourth-order valence-electron chi connectivity index (χ4n) is 2.88. The first-order valence-corrected chi connectivity index (χ1v) is 8.14. The Bertz CT molecular complexity index is 714. The molecule has 0 fully saturated rings. The first kappa shape index (κ1) is 15.1. The number of ether oxygens (including phenoxy) is 1. The molecule has 2 aromatic rings. The number of amides is 1. The van der Waals surface area contributed by atoms with E-state index in [9.17, 15) is 4.79 Å². The molecule has 1 atom stereocenters. The normalized spacial score (nSPS) is 16.5. The molecule has 1 aliphatic heterocycles. The minimum Gasteiger partial charge on any atom is -0.483 e. The van der Waals surface area contributed by atoms with Crippen molar-refractivity contribution >= 4 is 27.5 Å². The molecule has 3 rings (SSSR count). The molecule has 0 saturated carbocycles. The highest BCUT2D eigenvalue weighted by Crippen LogP contribution is 2.32. The van der Waals surface area contributed by atoms with Gasteiger partial charge in [0.2, 0.25) is 0 Å². The molecule has 3 nitrogen and oxygen atoms in total. The Morgan fingerprint density at radius 2 is 2.09 bits per heavy atom. The fraction of sp³-hybridized carbons (Fsp3) is 0.278. The predicted molar refractivity (Wildman–Crippen MR) is 91.5 cm³/mol. The Morgan fingerprint density at radius 1 is 1.32 bits per heavy atom. The van der Waals surface area contributed by atoms with E-state index < -0.39 is 0 Å². The number of para-hydroxylation sites is 1. The Balaban J connectivity index is 1.72. The number of carbonyl (C=O) groups excluding carboxylic acids is 1. The van der Waals surface area contributed by atoms with Crippen LogP contribution in [0, 0.1) is 6.92 Å². The van der Waals surface area contributed by atoms with E-state index in [4.69, 9.17) is 4.74 Å². The number of rotatable bonds is 3. The lowest BCUT2D eigenvalue weighted by Gasteiger charge is -2.23. The van der Waals surface area contributed by atoms with Crippen LogP contribution in [-0.2, 0) is 11.2 Å². The largest absolute Gasteiger partial charge is 0.483 e. The minimum atomic E-state index is -0.00933. The van der Waals surface area contributed by atoms with E-state index in [1.165, 1.54) is 5.56 Å². The lowest BCUT2D eigenvalue weighted by Crippen LogP contribution is -2.39. The van der Waals surface area contributed by atoms with Crippen LogP contribution in [0.1, 0.15) is 18.1 Å². The van der Waals surface area contributed by atoms with Gasteiger partial charge in [0.05, 0.1) is 4.47 Å². The average molecular weight is 360 g/mol. The zero-order valence-corrected chi connectivity index (χ0v) is 14.3. The summed E-state index contributed by atoms with van der Waals surface area (Å²) in [5.41, 5.74) is 3.37. The third-order valence-corrected chi connectivity index (χ3v) is 4.53. The molecule has 0 aromatic heterocycles. The summed E-state index contributed by atoms with van der Waals surface area (Å²) in [6.45, 7) is 4.13. The molecule has 2 aromatic carbocycles. The summed E-state index contributed by atoms with van der Waals surface area (Å²) in [6.07, 6.45) is 0.899. The molecule has 1 amide bonds. The third-order valence-electron chi connectivity index (χ3n) is 3.91. The number of aryl methyl sites for hydroxylation is 1. The molecule has 0 bridgehead atoms. The SMILES string of the molecule is Cc1ccc(OCC(=O)N2c3ccccc3CC2C)c(Br)c1. The molecule has 0 spiro atoms. The van der Waals surface area contributed by atoms with Crippen LogP contribution in [-0.4, -0.2) is 18.6 Å². The average Bonchev–Trinajstić information content (AvgIpc) is 2.82. The second-order valence-corrected chi connectivity index (χ2v) is 6.52. The van der Waals surface area contributed by atoms with E-state index in [1.54, 1.807) is 0 Å². The molecule has 114 valence electrons. The van der Waals surface area contributed by atoms with E-state index in [1.807, 2.05) is 48.2 Å². The van der Waals surface area contributed by atoms with Crippen molar-refractivity contribution in [3.05, 3.63) is 58.1 Å². The van der Waals surface area contributed by atoms with Gasteiger partial charge in [-0.1, -0.05) is 24.3 Å². The molecule has 0 radical (unpaired) electrons. The van der Waals surface area contributed by atoms with Crippen molar-refractivity contribution in [2.75, 3.05) is 11.5 Å². The maximum Gasteiger partial charge on any atom is 0.265 e. The molecule has 1 aliphatic rings. The van der Waals surface area contributed by atoms with Gasteiger partial charge in [-0.3, -0.25) is 4.79 Å². The van der Waals surface area contributed by atoms with Crippen LogP contribution in [0.25, 0.3) is 0 Å². The molecule has 0 saturated heterocycles. The smallest absolute Gasteiger partial charge is 0.265 e. The number of fused-ring (bicyclic) bond motifs is 1. The highest BCUT2D eigenvalue weighted by atomic mass is 79.9. The van der Waals surface area contributed by atoms with Crippen LogP contribution in [0.2, 0.25) is 0 Å². The summed E-state index contributed by atoms with van der Waals surface area (Å²) in [6, 6.07) is 14.1. The van der Waals surface area contributed by atoms with E-state index >= 15 is 0 Å². The van der Waals surface area contributed by atoms with E-state index in [0.717, 1.165) is 22.1 Å². The summed E-state index contributed by atoms with van der Waals surface area (Å²) in [5, 5.41) is 0. The second kappa shape index (κ2) is 6.13. The van der Waals surface area contributed by atoms with Crippen LogP contribution in [0.3, 0.4) is 0 Å². The lowest BCUT2D eigenvalue weighted by atomic mass is 10.1. The van der Waals surface area contributed by atoms with Crippen molar-refractivity contribution in [2.45, 2.75) is 26.3 Å². The maximum atomic E-state index is 12.6. The Kier molecular flexibility index (Phi) is 4.21. The monoisotopic (exact) mass is 359 g/mol. The molecule has 1 unspecified atom stereocenters. The molecular weight excluding hydrogens is 342 g/mol. The number of hydrogen-bond donors (Lipinski definition) is 0. The van der Waals surface area contributed by atoms with Gasteiger partial charge in [-0.2, -0.15) is 0 Å². The summed E-state index contributed by atoms with van der Waals surface area (Å²) in [4.78, 5) is 14.4. The molecular formula is C18H18BrNO2. The van der Waals surface area contributed by atoms with Crippen LogP contribution >= 0.6 is 15.9 Å². The van der Waals surface area contributed by atoms with Crippen LogP contribution in [0.15, 0.2) is 46.9 Å². The van der Waals surface area contributed by atoms with Gasteiger partial charge in [-0.15, -0.1) is 0 Å². The van der Waals surface area contributed by atoms with Gasteiger partial charge in [-0.05, 0) is 65.5 Å². The van der Waals surface area contributed by atoms with E-state index in [-0.39, 0.29) is 18.6 Å². The molecule has 0 N–H and O–H groups in total. The van der Waals surface area contributed by atoms with Crippen LogP contribution < -0.4 is 9.64 Å². The summed E-state index contributed by atoms with van der Waals surface area (Å²) in [5.74, 6) is 0.684. The lowest BCUT2D eigenvalue weighted by molar-refractivity contribution is -0.120. The summed E-state index contributed by atoms with van der Waals surface area (Å²) < 4.78 is 6.56. The van der Waals surface area contributed by atoms with E-state index in [0.29, 0.717) is 5.75 Å². The van der Waals surface area contributed by atoms with Gasteiger partial charge in [0, 0.05) is 11.7 Å². The van der Waals surface area contributed by atoms with Crippen molar-refractivity contribution in [3.63, 3.8) is 0 Å². The van der Waals surface area contributed by atoms with E-state index in [2.05, 4.69) is 28.9 Å². The maximum absolute atomic E-state index is 12.6. The quantitative estimate of drug-likeness (QED) is 0.824. The molecule has 1 heterocycles. The standard InChI is InChI=1S/C18H18BrNO2/c1-12-7-8-17(15(19)9-12)22-11-18(21)20-13(2)10-14-5-3-4-6-16(14)20/h3-9,13H,10-11H2,1-2H3. The highest BCUT2D eigenvalue weighted by molar-refractivity contribution is 9.10. The molecule has 22 heavy (non-hydrogen) atoms. The van der Waals surface area contributed by atoms with Crippen molar-refractivity contribution in [1.29, 1.82) is 0 Å². The predicted octanol–water partition coefficient (Wildman–Crippen LogP) is 4.11. The first-order chi connectivity index (χ1) is 10.6. The number of anilines is 1. The van der Waals surface area contributed by atoms with Crippen molar-refractivity contribution in [1.82, 2.24) is 0 Å². The Labute approximate surface area is 139 Å². The first-order valence-electron chi connectivity index (χ1n) is 7.35. The van der Waals surface area contributed by atoms with Gasteiger partial charge >= 0.3 is 0 Å². The second-order valence-electron chi connectivity index (χ2n) is 5.67. The number of benzene rings is 2. The number of halogens is 1. The fourth-order valence-corrected chi connectivity index (χ4v) is 3.49. The zero-order valence-electron chi connectivity index (χ0n) is 12.7. The molecule has 0 aliphatic carbocycles. The van der Waals surface area contributed by atoms with Gasteiger partial charge < -0.3 is 9.64 Å². The summed E-state index contributed by atoms with van der Waals surface area (Å²) in [7, 11) is 0. The van der Waals surface area contributed by atoms with Crippen molar-refractivity contribution in [2.24, 2.45) is 0 Å².